The molecular formula is C19H38N4O3S. The van der Waals surface area contributed by atoms with Gasteiger partial charge in [0.1, 0.15) is 0 Å². The fraction of sp³-hybridized carbons (Fsp3) is 0.947. The molecule has 0 aromatic heterocycles. The molecule has 8 heteroatoms. The van der Waals surface area contributed by atoms with Gasteiger partial charge in [0.05, 0.1) is 5.75 Å². The van der Waals surface area contributed by atoms with Crippen LogP contribution in [0.15, 0.2) is 4.99 Å². The highest BCUT2D eigenvalue weighted by molar-refractivity contribution is 7.89. The quantitative estimate of drug-likeness (QED) is 0.342. The molecule has 2 aliphatic rings. The molecule has 2 saturated carbocycles. The summed E-state index contributed by atoms with van der Waals surface area (Å²) in [5.74, 6) is 1.30. The Morgan fingerprint density at radius 1 is 1.19 bits per heavy atom. The zero-order chi connectivity index (χ0) is 19.6. The normalized spacial score (nSPS) is 20.4. The summed E-state index contributed by atoms with van der Waals surface area (Å²) in [5.41, 5.74) is 0.231. The van der Waals surface area contributed by atoms with Gasteiger partial charge < -0.3 is 15.4 Å². The molecule has 2 rings (SSSR count). The summed E-state index contributed by atoms with van der Waals surface area (Å²) in [5, 5.41) is 6.41. The third-order valence-electron chi connectivity index (χ3n) is 5.90. The van der Waals surface area contributed by atoms with Crippen LogP contribution in [0.25, 0.3) is 0 Å². The zero-order valence-electron chi connectivity index (χ0n) is 17.1. The molecule has 27 heavy (non-hydrogen) atoms. The summed E-state index contributed by atoms with van der Waals surface area (Å²) in [6.07, 6.45) is 9.44. The van der Waals surface area contributed by atoms with Crippen molar-refractivity contribution in [1.82, 2.24) is 15.4 Å². The SMILES string of the molecule is CCNC(=NCC1(CCOC)CCCC1)NCCS(=O)(=O)NCC1CCC1. The van der Waals surface area contributed by atoms with E-state index in [9.17, 15) is 8.42 Å². The van der Waals surface area contributed by atoms with Crippen LogP contribution in [0, 0.1) is 11.3 Å². The molecule has 2 fully saturated rings. The fourth-order valence-electron chi connectivity index (χ4n) is 3.84. The van der Waals surface area contributed by atoms with Crippen molar-refractivity contribution in [3.05, 3.63) is 0 Å². The van der Waals surface area contributed by atoms with Crippen LogP contribution in [0.5, 0.6) is 0 Å². The van der Waals surface area contributed by atoms with E-state index in [4.69, 9.17) is 9.73 Å². The van der Waals surface area contributed by atoms with Crippen molar-refractivity contribution in [2.45, 2.75) is 58.3 Å². The first-order valence-corrected chi connectivity index (χ1v) is 12.1. The molecule has 0 unspecified atom stereocenters. The van der Waals surface area contributed by atoms with Crippen LogP contribution < -0.4 is 15.4 Å². The van der Waals surface area contributed by atoms with Crippen molar-refractivity contribution in [1.29, 1.82) is 0 Å². The predicted molar refractivity (Wildman–Crippen MR) is 111 cm³/mol. The minimum atomic E-state index is -3.23. The summed E-state index contributed by atoms with van der Waals surface area (Å²) in [6, 6.07) is 0. The van der Waals surface area contributed by atoms with Gasteiger partial charge in [0.2, 0.25) is 10.0 Å². The third-order valence-corrected chi connectivity index (χ3v) is 7.25. The minimum Gasteiger partial charge on any atom is -0.385 e. The van der Waals surface area contributed by atoms with Crippen LogP contribution in [-0.4, -0.2) is 60.0 Å². The van der Waals surface area contributed by atoms with Gasteiger partial charge in [0.15, 0.2) is 5.96 Å². The van der Waals surface area contributed by atoms with Crippen molar-refractivity contribution < 1.29 is 13.2 Å². The van der Waals surface area contributed by atoms with Gasteiger partial charge in [-0.15, -0.1) is 0 Å². The fourth-order valence-corrected chi connectivity index (χ4v) is 4.84. The number of aliphatic imine (C=N–C) groups is 1. The molecule has 0 amide bonds. The van der Waals surface area contributed by atoms with Crippen LogP contribution in [0.3, 0.4) is 0 Å². The van der Waals surface area contributed by atoms with Crippen LogP contribution in [-0.2, 0) is 14.8 Å². The standard InChI is InChI=1S/C19H38N4O3S/c1-3-20-18(22-16-19(11-13-26-2)9-4-5-10-19)21-12-14-27(24,25)23-15-17-7-6-8-17/h17,23H,3-16H2,1-2H3,(H2,20,21,22). The molecular weight excluding hydrogens is 364 g/mol. The maximum Gasteiger partial charge on any atom is 0.213 e. The number of nitrogens with one attached hydrogen (secondary N) is 3. The van der Waals surface area contributed by atoms with Crippen molar-refractivity contribution in [2.75, 3.05) is 45.6 Å². The van der Waals surface area contributed by atoms with Gasteiger partial charge in [-0.1, -0.05) is 19.3 Å². The van der Waals surface area contributed by atoms with E-state index in [0.29, 0.717) is 25.0 Å². The lowest BCUT2D eigenvalue weighted by molar-refractivity contribution is 0.141. The van der Waals surface area contributed by atoms with Gasteiger partial charge >= 0.3 is 0 Å². The number of hydrogen-bond acceptors (Lipinski definition) is 4. The van der Waals surface area contributed by atoms with E-state index in [1.807, 2.05) is 6.92 Å². The van der Waals surface area contributed by atoms with Gasteiger partial charge in [-0.2, -0.15) is 0 Å². The molecule has 0 spiro atoms. The van der Waals surface area contributed by atoms with Crippen LogP contribution in [0.2, 0.25) is 0 Å². The van der Waals surface area contributed by atoms with Gasteiger partial charge in [-0.05, 0) is 50.4 Å². The summed E-state index contributed by atoms with van der Waals surface area (Å²) in [6.45, 7) is 5.24. The molecule has 7 nitrogen and oxygen atoms in total. The monoisotopic (exact) mass is 402 g/mol. The predicted octanol–water partition coefficient (Wildman–Crippen LogP) is 1.86. The number of sulfonamides is 1. The molecule has 2 aliphatic carbocycles. The molecule has 0 heterocycles. The molecule has 0 aliphatic heterocycles. The Kier molecular flexibility index (Phi) is 9.32. The van der Waals surface area contributed by atoms with Crippen LogP contribution in [0.1, 0.15) is 58.3 Å². The number of rotatable bonds is 12. The van der Waals surface area contributed by atoms with Crippen molar-refractivity contribution in [3.8, 4) is 0 Å². The second-order valence-corrected chi connectivity index (χ2v) is 9.96. The summed E-state index contributed by atoms with van der Waals surface area (Å²) < 4.78 is 32.3. The maximum atomic E-state index is 12.1. The van der Waals surface area contributed by atoms with Crippen LogP contribution in [0.4, 0.5) is 0 Å². The molecule has 0 aromatic carbocycles. The molecule has 0 bridgehead atoms. The van der Waals surface area contributed by atoms with E-state index < -0.39 is 10.0 Å². The average Bonchev–Trinajstić information content (AvgIpc) is 3.05. The first-order chi connectivity index (χ1) is 13.0. The van der Waals surface area contributed by atoms with Crippen LogP contribution >= 0.6 is 0 Å². The third kappa shape index (κ3) is 7.95. The number of guanidine groups is 1. The van der Waals surface area contributed by atoms with Crippen molar-refractivity contribution in [2.24, 2.45) is 16.3 Å². The second kappa shape index (κ2) is 11.2. The Hall–Kier alpha value is -0.860. The van der Waals surface area contributed by atoms with Gasteiger partial charge in [0.25, 0.3) is 0 Å². The second-order valence-electron chi connectivity index (χ2n) is 8.04. The number of methoxy groups -OCH3 is 1. The highest BCUT2D eigenvalue weighted by Gasteiger charge is 2.33. The van der Waals surface area contributed by atoms with Crippen molar-refractivity contribution >= 4 is 16.0 Å². The highest BCUT2D eigenvalue weighted by Crippen LogP contribution is 2.41. The van der Waals surface area contributed by atoms with E-state index >= 15 is 0 Å². The summed E-state index contributed by atoms with van der Waals surface area (Å²) >= 11 is 0. The Morgan fingerprint density at radius 2 is 1.93 bits per heavy atom. The Balaban J connectivity index is 1.79. The van der Waals surface area contributed by atoms with Gasteiger partial charge in [-0.3, -0.25) is 4.99 Å². The molecule has 0 atom stereocenters. The van der Waals surface area contributed by atoms with E-state index in [1.165, 1.54) is 32.1 Å². The first-order valence-electron chi connectivity index (χ1n) is 10.5. The highest BCUT2D eigenvalue weighted by atomic mass is 32.2. The largest absolute Gasteiger partial charge is 0.385 e. The first kappa shape index (κ1) is 22.4. The molecule has 0 radical (unpaired) electrons. The number of ether oxygens (including phenoxy) is 1. The van der Waals surface area contributed by atoms with E-state index in [1.54, 1.807) is 7.11 Å². The lowest BCUT2D eigenvalue weighted by Crippen LogP contribution is -2.42. The zero-order valence-corrected chi connectivity index (χ0v) is 17.9. The van der Waals surface area contributed by atoms with E-state index in [2.05, 4.69) is 15.4 Å². The van der Waals surface area contributed by atoms with E-state index in [-0.39, 0.29) is 11.2 Å². The number of hydrogen-bond donors (Lipinski definition) is 3. The lowest BCUT2D eigenvalue weighted by Gasteiger charge is -2.27. The van der Waals surface area contributed by atoms with Gasteiger partial charge in [0, 0.05) is 39.9 Å². The molecule has 0 saturated heterocycles. The Morgan fingerprint density at radius 3 is 2.52 bits per heavy atom. The maximum absolute atomic E-state index is 12.1. The van der Waals surface area contributed by atoms with Gasteiger partial charge in [-0.25, -0.2) is 13.1 Å². The smallest absolute Gasteiger partial charge is 0.213 e. The topological polar surface area (TPSA) is 91.8 Å². The number of nitrogens with zero attached hydrogens (tertiary/aromatic N) is 1. The van der Waals surface area contributed by atoms with E-state index in [0.717, 1.165) is 39.0 Å². The molecule has 0 aromatic rings. The average molecular weight is 403 g/mol. The lowest BCUT2D eigenvalue weighted by atomic mass is 9.83. The summed E-state index contributed by atoms with van der Waals surface area (Å²) in [4.78, 5) is 4.76. The summed E-state index contributed by atoms with van der Waals surface area (Å²) in [7, 11) is -1.48. The Bertz CT molecular complexity index is 555. The Labute approximate surface area is 165 Å². The minimum absolute atomic E-state index is 0.0684. The molecule has 3 N–H and O–H groups in total. The molecule has 158 valence electrons. The van der Waals surface area contributed by atoms with Crippen molar-refractivity contribution in [3.63, 3.8) is 0 Å².